The van der Waals surface area contributed by atoms with Crippen molar-refractivity contribution in [2.45, 2.75) is 64.0 Å². The Balaban J connectivity index is 1.74. The van der Waals surface area contributed by atoms with E-state index in [0.717, 1.165) is 44.2 Å². The average Bonchev–Trinajstić information content (AvgIpc) is 2.61. The van der Waals surface area contributed by atoms with Gasteiger partial charge < -0.3 is 16.0 Å². The second-order valence-electron chi connectivity index (χ2n) is 6.86. The number of hydrogen-bond acceptors (Lipinski definition) is 3. The fourth-order valence-electron chi connectivity index (χ4n) is 3.96. The first kappa shape index (κ1) is 16.8. The van der Waals surface area contributed by atoms with Crippen LogP contribution in [0.2, 0.25) is 0 Å². The smallest absolute Gasteiger partial charge is 0.243 e. The molecule has 0 aromatic heterocycles. The van der Waals surface area contributed by atoms with E-state index in [1.54, 1.807) is 4.90 Å². The molecule has 0 radical (unpaired) electrons. The van der Waals surface area contributed by atoms with Crippen LogP contribution in [0.25, 0.3) is 0 Å². The Hall–Kier alpha value is -2.04. The first-order valence-electron chi connectivity index (χ1n) is 9.08. The van der Waals surface area contributed by atoms with Gasteiger partial charge in [-0.1, -0.05) is 13.0 Å². The Labute approximate surface area is 143 Å². The summed E-state index contributed by atoms with van der Waals surface area (Å²) in [7, 11) is 0. The summed E-state index contributed by atoms with van der Waals surface area (Å²) < 4.78 is 0. The van der Waals surface area contributed by atoms with Crippen LogP contribution in [0.1, 0.15) is 62.6 Å². The monoisotopic (exact) mass is 329 g/mol. The molecule has 1 saturated heterocycles. The van der Waals surface area contributed by atoms with E-state index in [1.807, 2.05) is 25.1 Å². The van der Waals surface area contributed by atoms with E-state index in [4.69, 9.17) is 5.73 Å². The summed E-state index contributed by atoms with van der Waals surface area (Å²) in [5.41, 5.74) is 9.06. The molecule has 3 N–H and O–H groups in total. The molecule has 2 atom stereocenters. The number of nitrogen functional groups attached to an aromatic ring is 1. The number of nitrogens with one attached hydrogen (secondary N) is 1. The fourth-order valence-corrected chi connectivity index (χ4v) is 3.96. The van der Waals surface area contributed by atoms with Crippen LogP contribution in [0.4, 0.5) is 5.69 Å². The van der Waals surface area contributed by atoms with Gasteiger partial charge in [0, 0.05) is 18.7 Å². The number of aryl methyl sites for hydroxylation is 1. The van der Waals surface area contributed by atoms with E-state index < -0.39 is 0 Å². The molecule has 2 unspecified atom stereocenters. The van der Waals surface area contributed by atoms with Gasteiger partial charge in [-0.2, -0.15) is 0 Å². The number of nitrogens with two attached hydrogens (primary N) is 1. The third kappa shape index (κ3) is 3.40. The van der Waals surface area contributed by atoms with E-state index in [2.05, 4.69) is 5.32 Å². The van der Waals surface area contributed by atoms with Crippen molar-refractivity contribution in [3.63, 3.8) is 0 Å². The van der Waals surface area contributed by atoms with Gasteiger partial charge in [-0.3, -0.25) is 9.59 Å². The summed E-state index contributed by atoms with van der Waals surface area (Å²) >= 11 is 0. The van der Waals surface area contributed by atoms with Crippen LogP contribution in [-0.2, 0) is 16.0 Å². The molecular formula is C19H27N3O2. The van der Waals surface area contributed by atoms with Gasteiger partial charge in [0.2, 0.25) is 11.8 Å². The summed E-state index contributed by atoms with van der Waals surface area (Å²) in [5.74, 6) is 0.0674. The van der Waals surface area contributed by atoms with Crippen molar-refractivity contribution in [1.82, 2.24) is 10.2 Å². The van der Waals surface area contributed by atoms with Gasteiger partial charge >= 0.3 is 0 Å². The predicted molar refractivity (Wildman–Crippen MR) is 94.3 cm³/mol. The minimum Gasteiger partial charge on any atom is -0.399 e. The van der Waals surface area contributed by atoms with Gasteiger partial charge in [0.15, 0.2) is 0 Å². The maximum Gasteiger partial charge on any atom is 0.243 e. The minimum atomic E-state index is -0.314. The molecule has 24 heavy (non-hydrogen) atoms. The van der Waals surface area contributed by atoms with Crippen molar-refractivity contribution in [2.24, 2.45) is 0 Å². The molecule has 5 heteroatoms. The summed E-state index contributed by atoms with van der Waals surface area (Å²) in [6, 6.07) is 5.66. The number of amides is 2. The molecule has 1 heterocycles. The van der Waals surface area contributed by atoms with Crippen LogP contribution in [0, 0.1) is 0 Å². The van der Waals surface area contributed by atoms with Crippen LogP contribution < -0.4 is 11.1 Å². The molecule has 2 aliphatic rings. The van der Waals surface area contributed by atoms with E-state index in [9.17, 15) is 9.59 Å². The molecule has 130 valence electrons. The molecule has 1 aliphatic carbocycles. The molecule has 1 aromatic rings. The largest absolute Gasteiger partial charge is 0.399 e. The maximum absolute atomic E-state index is 12.8. The Morgan fingerprint density at radius 2 is 2.08 bits per heavy atom. The lowest BCUT2D eigenvalue weighted by molar-refractivity contribution is -0.142. The third-order valence-electron chi connectivity index (χ3n) is 5.23. The van der Waals surface area contributed by atoms with E-state index in [1.165, 1.54) is 11.1 Å². The number of piperidine rings is 1. The average molecular weight is 329 g/mol. The number of fused-ring (bicyclic) bond motifs is 1. The van der Waals surface area contributed by atoms with Crippen LogP contribution >= 0.6 is 0 Å². The quantitative estimate of drug-likeness (QED) is 0.837. The molecule has 5 nitrogen and oxygen atoms in total. The van der Waals surface area contributed by atoms with Gasteiger partial charge in [0.25, 0.3) is 0 Å². The van der Waals surface area contributed by atoms with Gasteiger partial charge in [-0.25, -0.2) is 0 Å². The van der Waals surface area contributed by atoms with Crippen molar-refractivity contribution in [3.8, 4) is 0 Å². The van der Waals surface area contributed by atoms with Crippen LogP contribution in [0.3, 0.4) is 0 Å². The zero-order valence-corrected chi connectivity index (χ0v) is 14.4. The van der Waals surface area contributed by atoms with Crippen molar-refractivity contribution in [1.29, 1.82) is 0 Å². The summed E-state index contributed by atoms with van der Waals surface area (Å²) in [6.45, 7) is 2.55. The highest BCUT2D eigenvalue weighted by atomic mass is 16.2. The molecule has 0 saturated carbocycles. The molecule has 2 amide bonds. The molecule has 0 spiro atoms. The van der Waals surface area contributed by atoms with Crippen LogP contribution in [0.5, 0.6) is 0 Å². The van der Waals surface area contributed by atoms with Crippen molar-refractivity contribution in [2.75, 3.05) is 12.3 Å². The number of rotatable bonds is 3. The van der Waals surface area contributed by atoms with Crippen LogP contribution in [-0.4, -0.2) is 29.3 Å². The summed E-state index contributed by atoms with van der Waals surface area (Å²) in [6.07, 6.45) is 6.20. The highest BCUT2D eigenvalue weighted by molar-refractivity contribution is 5.88. The van der Waals surface area contributed by atoms with Gasteiger partial charge in [0.1, 0.15) is 6.04 Å². The standard InChI is InChI=1S/C19H27N3O2/c1-2-18(23)22-11-4-3-8-17(22)19(24)21-16-7-5-6-13-12-14(20)9-10-15(13)16/h9-10,12,16-17H,2-8,11,20H2,1H3,(H,21,24). The van der Waals surface area contributed by atoms with E-state index in [-0.39, 0.29) is 23.9 Å². The Morgan fingerprint density at radius 1 is 1.25 bits per heavy atom. The second kappa shape index (κ2) is 7.24. The minimum absolute atomic E-state index is 0.00817. The van der Waals surface area contributed by atoms with Gasteiger partial charge in [-0.15, -0.1) is 0 Å². The maximum atomic E-state index is 12.8. The van der Waals surface area contributed by atoms with E-state index >= 15 is 0 Å². The topological polar surface area (TPSA) is 75.4 Å². The summed E-state index contributed by atoms with van der Waals surface area (Å²) in [5, 5.41) is 3.20. The van der Waals surface area contributed by atoms with Gasteiger partial charge in [0.05, 0.1) is 6.04 Å². The normalized spacial score (nSPS) is 23.5. The lowest BCUT2D eigenvalue weighted by atomic mass is 9.87. The third-order valence-corrected chi connectivity index (χ3v) is 5.23. The van der Waals surface area contributed by atoms with Crippen molar-refractivity contribution < 1.29 is 9.59 Å². The Bertz CT molecular complexity index is 629. The van der Waals surface area contributed by atoms with E-state index in [0.29, 0.717) is 13.0 Å². The lowest BCUT2D eigenvalue weighted by Gasteiger charge is -2.36. The molecule has 3 rings (SSSR count). The Morgan fingerprint density at radius 3 is 2.88 bits per heavy atom. The summed E-state index contributed by atoms with van der Waals surface area (Å²) in [4.78, 5) is 26.8. The number of carbonyl (C=O) groups is 2. The number of anilines is 1. The number of likely N-dealkylation sites (tertiary alicyclic amines) is 1. The van der Waals surface area contributed by atoms with Crippen molar-refractivity contribution >= 4 is 17.5 Å². The lowest BCUT2D eigenvalue weighted by Crippen LogP contribution is -2.52. The molecular weight excluding hydrogens is 302 g/mol. The van der Waals surface area contributed by atoms with Gasteiger partial charge in [-0.05, 0) is 61.8 Å². The number of nitrogens with zero attached hydrogens (tertiary/aromatic N) is 1. The first-order chi connectivity index (χ1) is 11.6. The molecule has 0 bridgehead atoms. The number of hydrogen-bond donors (Lipinski definition) is 2. The fraction of sp³-hybridized carbons (Fsp3) is 0.579. The zero-order chi connectivity index (χ0) is 17.1. The van der Waals surface area contributed by atoms with Crippen molar-refractivity contribution in [3.05, 3.63) is 29.3 Å². The predicted octanol–water partition coefficient (Wildman–Crippen LogP) is 2.55. The molecule has 1 aromatic carbocycles. The highest BCUT2D eigenvalue weighted by Crippen LogP contribution is 2.31. The highest BCUT2D eigenvalue weighted by Gasteiger charge is 2.33. The zero-order valence-electron chi connectivity index (χ0n) is 14.4. The Kier molecular flexibility index (Phi) is 5.07. The second-order valence-corrected chi connectivity index (χ2v) is 6.86. The number of benzene rings is 1. The van der Waals surface area contributed by atoms with Crippen LogP contribution in [0.15, 0.2) is 18.2 Å². The SMILES string of the molecule is CCC(=O)N1CCCCC1C(=O)NC1CCCc2cc(N)ccc21. The molecule has 1 aliphatic heterocycles. The first-order valence-corrected chi connectivity index (χ1v) is 9.08. The molecule has 1 fully saturated rings. The number of carbonyl (C=O) groups excluding carboxylic acids is 2.